The summed E-state index contributed by atoms with van der Waals surface area (Å²) in [5.41, 5.74) is 5.00. The minimum Gasteiger partial charge on any atom is -0.497 e. The number of methoxy groups -OCH3 is 1. The molecule has 142 valence electrons. The van der Waals surface area contributed by atoms with Crippen LogP contribution < -0.4 is 15.4 Å². The van der Waals surface area contributed by atoms with E-state index in [-0.39, 0.29) is 0 Å². The number of aryl methyl sites for hydroxylation is 3. The second-order valence-electron chi connectivity index (χ2n) is 6.70. The van der Waals surface area contributed by atoms with Crippen molar-refractivity contribution in [3.8, 4) is 5.75 Å². The fraction of sp³-hybridized carbons (Fsp3) is 0.190. The van der Waals surface area contributed by atoms with Gasteiger partial charge in [-0.25, -0.2) is 0 Å². The van der Waals surface area contributed by atoms with Crippen molar-refractivity contribution < 1.29 is 4.74 Å². The molecule has 0 radical (unpaired) electrons. The zero-order chi connectivity index (χ0) is 19.7. The second kappa shape index (κ2) is 7.19. The van der Waals surface area contributed by atoms with Crippen molar-refractivity contribution in [3.63, 3.8) is 0 Å². The molecule has 0 bridgehead atoms. The number of nitrogens with one attached hydrogen (secondary N) is 2. The van der Waals surface area contributed by atoms with Crippen LogP contribution in [0.4, 0.5) is 23.1 Å². The van der Waals surface area contributed by atoms with Gasteiger partial charge in [0.1, 0.15) is 11.6 Å². The molecule has 0 amide bonds. The van der Waals surface area contributed by atoms with Gasteiger partial charge in [-0.3, -0.25) is 4.68 Å². The monoisotopic (exact) mass is 374 g/mol. The van der Waals surface area contributed by atoms with Gasteiger partial charge in [-0.2, -0.15) is 15.1 Å². The number of hydrogen-bond acceptors (Lipinski definition) is 6. The largest absolute Gasteiger partial charge is 0.497 e. The van der Waals surface area contributed by atoms with Gasteiger partial charge < -0.3 is 15.4 Å². The van der Waals surface area contributed by atoms with Crippen molar-refractivity contribution in [3.05, 3.63) is 59.8 Å². The third kappa shape index (κ3) is 3.46. The number of anilines is 4. The molecule has 2 aromatic carbocycles. The van der Waals surface area contributed by atoms with Gasteiger partial charge in [0.05, 0.1) is 18.7 Å². The summed E-state index contributed by atoms with van der Waals surface area (Å²) in [6, 6.07) is 13.9. The van der Waals surface area contributed by atoms with Crippen LogP contribution in [-0.2, 0) is 7.05 Å². The molecule has 7 nitrogen and oxygen atoms in total. The van der Waals surface area contributed by atoms with Crippen molar-refractivity contribution in [2.24, 2.45) is 7.05 Å². The Bertz CT molecular complexity index is 1130. The SMILES string of the molecule is COc1ccc(Nc2nc(Nc3ccc(C)cc3C)c3cnn(C)c3n2)cc1. The standard InChI is InChI=1S/C21H22N6O/c1-13-5-10-18(14(2)11-13)24-19-17-12-22-27(3)20(17)26-21(25-19)23-15-6-8-16(28-4)9-7-15/h5-12H,1-4H3,(H2,23,24,25,26). The maximum atomic E-state index is 5.21. The van der Waals surface area contributed by atoms with E-state index >= 15 is 0 Å². The predicted octanol–water partition coefficient (Wildman–Crippen LogP) is 4.48. The molecule has 0 spiro atoms. The molecular weight excluding hydrogens is 352 g/mol. The third-order valence-electron chi connectivity index (χ3n) is 4.57. The molecule has 7 heteroatoms. The van der Waals surface area contributed by atoms with E-state index in [0.29, 0.717) is 11.8 Å². The van der Waals surface area contributed by atoms with Gasteiger partial charge in [0.15, 0.2) is 5.65 Å². The Morgan fingerprint density at radius 2 is 1.75 bits per heavy atom. The lowest BCUT2D eigenvalue weighted by molar-refractivity contribution is 0.415. The summed E-state index contributed by atoms with van der Waals surface area (Å²) < 4.78 is 6.95. The summed E-state index contributed by atoms with van der Waals surface area (Å²) in [5.74, 6) is 2.00. The number of rotatable bonds is 5. The van der Waals surface area contributed by atoms with Crippen LogP contribution >= 0.6 is 0 Å². The molecule has 2 N–H and O–H groups in total. The van der Waals surface area contributed by atoms with Gasteiger partial charge in [0.2, 0.25) is 5.95 Å². The summed E-state index contributed by atoms with van der Waals surface area (Å²) in [5, 5.41) is 11.9. The van der Waals surface area contributed by atoms with Crippen molar-refractivity contribution in [2.75, 3.05) is 17.7 Å². The number of hydrogen-bond donors (Lipinski definition) is 2. The molecule has 2 heterocycles. The molecule has 0 unspecified atom stereocenters. The first-order chi connectivity index (χ1) is 13.5. The van der Waals surface area contributed by atoms with Crippen LogP contribution in [0.3, 0.4) is 0 Å². The van der Waals surface area contributed by atoms with Crippen molar-refractivity contribution in [1.82, 2.24) is 19.7 Å². The van der Waals surface area contributed by atoms with Crippen LogP contribution in [0.25, 0.3) is 11.0 Å². The Morgan fingerprint density at radius 1 is 0.964 bits per heavy atom. The highest BCUT2D eigenvalue weighted by Crippen LogP contribution is 2.28. The summed E-state index contributed by atoms with van der Waals surface area (Å²) in [6.07, 6.45) is 1.78. The van der Waals surface area contributed by atoms with Crippen LogP contribution in [0.2, 0.25) is 0 Å². The van der Waals surface area contributed by atoms with Gasteiger partial charge in [0.25, 0.3) is 0 Å². The number of aromatic nitrogens is 4. The summed E-state index contributed by atoms with van der Waals surface area (Å²) in [6.45, 7) is 4.16. The maximum Gasteiger partial charge on any atom is 0.231 e. The molecule has 2 aromatic heterocycles. The molecule has 4 rings (SSSR count). The number of ether oxygens (including phenoxy) is 1. The fourth-order valence-corrected chi connectivity index (χ4v) is 3.06. The predicted molar refractivity (Wildman–Crippen MR) is 112 cm³/mol. The van der Waals surface area contributed by atoms with Crippen LogP contribution in [0, 0.1) is 13.8 Å². The topological polar surface area (TPSA) is 76.9 Å². The van der Waals surface area contributed by atoms with Crippen LogP contribution in [0.15, 0.2) is 48.7 Å². The molecule has 0 aliphatic rings. The first kappa shape index (κ1) is 17.8. The lowest BCUT2D eigenvalue weighted by atomic mass is 10.1. The zero-order valence-corrected chi connectivity index (χ0v) is 16.3. The van der Waals surface area contributed by atoms with Crippen molar-refractivity contribution in [2.45, 2.75) is 13.8 Å². The van der Waals surface area contributed by atoms with Gasteiger partial charge in [0, 0.05) is 18.4 Å². The Kier molecular flexibility index (Phi) is 4.57. The first-order valence-electron chi connectivity index (χ1n) is 8.98. The van der Waals surface area contributed by atoms with Gasteiger partial charge >= 0.3 is 0 Å². The molecule has 0 saturated carbocycles. The first-order valence-corrected chi connectivity index (χ1v) is 8.98. The van der Waals surface area contributed by atoms with Gasteiger partial charge in [-0.1, -0.05) is 17.7 Å². The van der Waals surface area contributed by atoms with E-state index in [1.807, 2.05) is 31.3 Å². The Labute approximate surface area is 163 Å². The molecule has 0 aliphatic heterocycles. The quantitative estimate of drug-likeness (QED) is 0.536. The van der Waals surface area contributed by atoms with Crippen molar-refractivity contribution >= 4 is 34.2 Å². The smallest absolute Gasteiger partial charge is 0.231 e. The number of benzene rings is 2. The summed E-state index contributed by atoms with van der Waals surface area (Å²) >= 11 is 0. The minimum absolute atomic E-state index is 0.494. The molecular formula is C21H22N6O. The number of fused-ring (bicyclic) bond motifs is 1. The second-order valence-corrected chi connectivity index (χ2v) is 6.70. The molecule has 0 saturated heterocycles. The Morgan fingerprint density at radius 3 is 2.46 bits per heavy atom. The highest BCUT2D eigenvalue weighted by atomic mass is 16.5. The number of nitrogens with zero attached hydrogens (tertiary/aromatic N) is 4. The van der Waals surface area contributed by atoms with Crippen molar-refractivity contribution in [1.29, 1.82) is 0 Å². The van der Waals surface area contributed by atoms with E-state index in [1.165, 1.54) is 5.56 Å². The highest BCUT2D eigenvalue weighted by molar-refractivity contribution is 5.90. The lowest BCUT2D eigenvalue weighted by Gasteiger charge is -2.12. The molecule has 0 aliphatic carbocycles. The summed E-state index contributed by atoms with van der Waals surface area (Å²) in [4.78, 5) is 9.31. The van der Waals surface area contributed by atoms with Crippen LogP contribution in [-0.4, -0.2) is 26.9 Å². The molecule has 28 heavy (non-hydrogen) atoms. The lowest BCUT2D eigenvalue weighted by Crippen LogP contribution is -2.04. The molecule has 0 atom stereocenters. The van der Waals surface area contributed by atoms with E-state index in [1.54, 1.807) is 18.0 Å². The van der Waals surface area contributed by atoms with Crippen LogP contribution in [0.1, 0.15) is 11.1 Å². The summed E-state index contributed by atoms with van der Waals surface area (Å²) in [7, 11) is 3.51. The Balaban J connectivity index is 1.72. The molecule has 0 fully saturated rings. The third-order valence-corrected chi connectivity index (χ3v) is 4.57. The maximum absolute atomic E-state index is 5.21. The Hall–Kier alpha value is -3.61. The van der Waals surface area contributed by atoms with E-state index < -0.39 is 0 Å². The minimum atomic E-state index is 0.494. The average Bonchev–Trinajstić information content (AvgIpc) is 3.06. The van der Waals surface area contributed by atoms with E-state index in [9.17, 15) is 0 Å². The van der Waals surface area contributed by atoms with E-state index in [4.69, 9.17) is 9.72 Å². The van der Waals surface area contributed by atoms with Gasteiger partial charge in [-0.05, 0) is 49.7 Å². The highest BCUT2D eigenvalue weighted by Gasteiger charge is 2.13. The van der Waals surface area contributed by atoms with E-state index in [2.05, 4.69) is 52.8 Å². The van der Waals surface area contributed by atoms with Gasteiger partial charge in [-0.15, -0.1) is 0 Å². The van der Waals surface area contributed by atoms with Crippen LogP contribution in [0.5, 0.6) is 5.75 Å². The zero-order valence-electron chi connectivity index (χ0n) is 16.3. The fourth-order valence-electron chi connectivity index (χ4n) is 3.06. The normalized spacial score (nSPS) is 10.9. The molecule has 4 aromatic rings. The van der Waals surface area contributed by atoms with E-state index in [0.717, 1.165) is 33.7 Å². The average molecular weight is 374 g/mol.